The van der Waals surface area contributed by atoms with Crippen LogP contribution >= 0.6 is 12.4 Å². The van der Waals surface area contributed by atoms with E-state index in [2.05, 4.69) is 14.8 Å². The number of hydrogen-bond donors (Lipinski definition) is 2. The molecule has 9 heteroatoms. The Kier molecular flexibility index (Phi) is 6.42. The van der Waals surface area contributed by atoms with E-state index in [0.717, 1.165) is 13.0 Å². The van der Waals surface area contributed by atoms with Gasteiger partial charge in [0.1, 0.15) is 10.7 Å². The third-order valence-corrected chi connectivity index (χ3v) is 5.28. The van der Waals surface area contributed by atoms with Crippen molar-refractivity contribution in [3.63, 3.8) is 0 Å². The summed E-state index contributed by atoms with van der Waals surface area (Å²) in [5, 5.41) is 3.16. The van der Waals surface area contributed by atoms with Crippen LogP contribution in [0.15, 0.2) is 15.4 Å². The molecule has 2 atom stereocenters. The molecule has 0 radical (unpaired) electrons. The molecule has 2 unspecified atom stereocenters. The summed E-state index contributed by atoms with van der Waals surface area (Å²) in [5.41, 5.74) is 0. The number of methoxy groups -OCH3 is 1. The van der Waals surface area contributed by atoms with Crippen molar-refractivity contribution < 1.29 is 22.4 Å². The normalized spacial score (nSPS) is 22.0. The molecule has 1 aliphatic heterocycles. The van der Waals surface area contributed by atoms with Crippen LogP contribution in [0.1, 0.15) is 29.7 Å². The van der Waals surface area contributed by atoms with E-state index in [-0.39, 0.29) is 40.8 Å². The van der Waals surface area contributed by atoms with E-state index in [1.54, 1.807) is 0 Å². The minimum absolute atomic E-state index is 0. The number of furan rings is 1. The van der Waals surface area contributed by atoms with Crippen molar-refractivity contribution in [2.45, 2.75) is 31.2 Å². The second kappa shape index (κ2) is 7.45. The number of sulfonamides is 1. The molecule has 0 amide bonds. The van der Waals surface area contributed by atoms with Crippen LogP contribution in [0.5, 0.6) is 0 Å². The standard InChI is InChI=1S/C13H20N2O5S.ClH/c1-8-4-5-14-7-10(8)15-21(17,18)12-6-11(13(16)19-3)20-9(12)2;/h6,8,10,14-15H,4-5,7H2,1-3H3;1H. The minimum Gasteiger partial charge on any atom is -0.463 e. The van der Waals surface area contributed by atoms with Gasteiger partial charge in [-0.15, -0.1) is 12.4 Å². The van der Waals surface area contributed by atoms with Crippen molar-refractivity contribution in [3.8, 4) is 0 Å². The summed E-state index contributed by atoms with van der Waals surface area (Å²) in [7, 11) is -2.53. The van der Waals surface area contributed by atoms with Crippen LogP contribution in [0.2, 0.25) is 0 Å². The van der Waals surface area contributed by atoms with E-state index >= 15 is 0 Å². The van der Waals surface area contributed by atoms with Crippen LogP contribution in [0.25, 0.3) is 0 Å². The van der Waals surface area contributed by atoms with Gasteiger partial charge < -0.3 is 14.5 Å². The Balaban J connectivity index is 0.00000242. The van der Waals surface area contributed by atoms with Crippen molar-refractivity contribution in [2.24, 2.45) is 5.92 Å². The van der Waals surface area contributed by atoms with E-state index in [0.29, 0.717) is 6.54 Å². The number of carbonyl (C=O) groups is 1. The van der Waals surface area contributed by atoms with Gasteiger partial charge >= 0.3 is 5.97 Å². The Morgan fingerprint density at radius 2 is 2.18 bits per heavy atom. The predicted molar refractivity (Wildman–Crippen MR) is 82.8 cm³/mol. The summed E-state index contributed by atoms with van der Waals surface area (Å²) in [6, 6.07) is 1.02. The lowest BCUT2D eigenvalue weighted by molar-refractivity contribution is 0.0563. The molecule has 0 aliphatic carbocycles. The first-order valence-corrected chi connectivity index (χ1v) is 8.25. The minimum atomic E-state index is -3.74. The molecule has 126 valence electrons. The highest BCUT2D eigenvalue weighted by atomic mass is 35.5. The van der Waals surface area contributed by atoms with Crippen molar-refractivity contribution in [3.05, 3.63) is 17.6 Å². The number of esters is 1. The Labute approximate surface area is 136 Å². The number of piperidine rings is 1. The third-order valence-electron chi connectivity index (χ3n) is 3.68. The van der Waals surface area contributed by atoms with Crippen LogP contribution < -0.4 is 10.0 Å². The molecule has 2 rings (SSSR count). The smallest absolute Gasteiger partial charge is 0.373 e. The second-order valence-electron chi connectivity index (χ2n) is 5.22. The summed E-state index contributed by atoms with van der Waals surface area (Å²) >= 11 is 0. The molecule has 7 nitrogen and oxygen atoms in total. The fourth-order valence-electron chi connectivity index (χ4n) is 2.34. The molecule has 1 aliphatic rings. The predicted octanol–water partition coefficient (Wildman–Crippen LogP) is 1.07. The zero-order valence-electron chi connectivity index (χ0n) is 12.7. The quantitative estimate of drug-likeness (QED) is 0.787. The molecule has 22 heavy (non-hydrogen) atoms. The summed E-state index contributed by atoms with van der Waals surface area (Å²) in [6.07, 6.45) is 0.908. The molecule has 0 bridgehead atoms. The highest BCUT2D eigenvalue weighted by Crippen LogP contribution is 2.22. The lowest BCUT2D eigenvalue weighted by Crippen LogP contribution is -2.50. The van der Waals surface area contributed by atoms with Crippen LogP contribution in [0.3, 0.4) is 0 Å². The zero-order valence-corrected chi connectivity index (χ0v) is 14.3. The molecule has 1 aromatic rings. The number of rotatable bonds is 4. The first-order chi connectivity index (χ1) is 9.85. The molecule has 2 heterocycles. The number of hydrogen-bond acceptors (Lipinski definition) is 6. The fourth-order valence-corrected chi connectivity index (χ4v) is 3.87. The van der Waals surface area contributed by atoms with Crippen LogP contribution in [-0.4, -0.2) is 40.6 Å². The van der Waals surface area contributed by atoms with Crippen molar-refractivity contribution in [1.29, 1.82) is 0 Å². The second-order valence-corrected chi connectivity index (χ2v) is 6.90. The van der Waals surface area contributed by atoms with E-state index in [1.807, 2.05) is 6.92 Å². The van der Waals surface area contributed by atoms with Gasteiger partial charge in [-0.2, -0.15) is 0 Å². The van der Waals surface area contributed by atoms with Gasteiger partial charge in [-0.3, -0.25) is 0 Å². The average molecular weight is 353 g/mol. The van der Waals surface area contributed by atoms with Crippen LogP contribution in [0.4, 0.5) is 0 Å². The van der Waals surface area contributed by atoms with Crippen LogP contribution in [-0.2, 0) is 14.8 Å². The maximum Gasteiger partial charge on any atom is 0.373 e. The van der Waals surface area contributed by atoms with Gasteiger partial charge in [0.2, 0.25) is 15.8 Å². The van der Waals surface area contributed by atoms with Crippen LogP contribution in [0, 0.1) is 12.8 Å². The van der Waals surface area contributed by atoms with E-state index in [1.165, 1.54) is 20.1 Å². The Morgan fingerprint density at radius 3 is 2.77 bits per heavy atom. The Bertz CT molecular complexity index is 628. The topological polar surface area (TPSA) is 97.6 Å². The highest BCUT2D eigenvalue weighted by Gasteiger charge is 2.30. The molecule has 1 saturated heterocycles. The number of carbonyl (C=O) groups excluding carboxylic acids is 1. The van der Waals surface area contributed by atoms with Gasteiger partial charge in [0.05, 0.1) is 7.11 Å². The highest BCUT2D eigenvalue weighted by molar-refractivity contribution is 7.89. The molecular weight excluding hydrogens is 332 g/mol. The molecule has 2 N–H and O–H groups in total. The molecule has 1 aromatic heterocycles. The monoisotopic (exact) mass is 352 g/mol. The lowest BCUT2D eigenvalue weighted by Gasteiger charge is -2.29. The average Bonchev–Trinajstić information content (AvgIpc) is 2.83. The zero-order chi connectivity index (χ0) is 15.6. The van der Waals surface area contributed by atoms with Crippen molar-refractivity contribution >= 4 is 28.4 Å². The molecule has 0 aromatic carbocycles. The largest absolute Gasteiger partial charge is 0.463 e. The first kappa shape index (κ1) is 19.0. The Morgan fingerprint density at radius 1 is 1.50 bits per heavy atom. The maximum atomic E-state index is 12.4. The number of aryl methyl sites for hydroxylation is 1. The van der Waals surface area contributed by atoms with E-state index < -0.39 is 16.0 Å². The summed E-state index contributed by atoms with van der Waals surface area (Å²) < 4.78 is 37.2. The van der Waals surface area contributed by atoms with Gasteiger partial charge in [-0.1, -0.05) is 6.92 Å². The maximum absolute atomic E-state index is 12.4. The summed E-state index contributed by atoms with van der Waals surface area (Å²) in [4.78, 5) is 11.4. The van der Waals surface area contributed by atoms with Gasteiger partial charge in [0.25, 0.3) is 0 Å². The van der Waals surface area contributed by atoms with Gasteiger partial charge in [-0.25, -0.2) is 17.9 Å². The molecule has 0 spiro atoms. The number of halogens is 1. The molecular formula is C13H21ClN2O5S. The van der Waals surface area contributed by atoms with Crippen molar-refractivity contribution in [2.75, 3.05) is 20.2 Å². The Hall–Kier alpha value is -1.09. The SMILES string of the molecule is COC(=O)c1cc(S(=O)(=O)NC2CNCCC2C)c(C)o1.Cl. The molecule has 1 fully saturated rings. The van der Waals surface area contributed by atoms with Gasteiger partial charge in [0, 0.05) is 18.7 Å². The number of nitrogens with one attached hydrogen (secondary N) is 2. The molecule has 0 saturated carbocycles. The summed E-state index contributed by atoms with van der Waals surface area (Å²) in [6.45, 7) is 4.98. The third kappa shape index (κ3) is 4.01. The van der Waals surface area contributed by atoms with E-state index in [4.69, 9.17) is 4.42 Å². The van der Waals surface area contributed by atoms with Crippen molar-refractivity contribution in [1.82, 2.24) is 10.0 Å². The van der Waals surface area contributed by atoms with Gasteiger partial charge in [-0.05, 0) is 25.8 Å². The first-order valence-electron chi connectivity index (χ1n) is 6.77. The summed E-state index contributed by atoms with van der Waals surface area (Å²) in [5.74, 6) is -0.412. The lowest BCUT2D eigenvalue weighted by atomic mass is 9.96. The van der Waals surface area contributed by atoms with E-state index in [9.17, 15) is 13.2 Å². The van der Waals surface area contributed by atoms with Gasteiger partial charge in [0.15, 0.2) is 0 Å². The number of ether oxygens (including phenoxy) is 1. The fraction of sp³-hybridized carbons (Fsp3) is 0.615.